The summed E-state index contributed by atoms with van der Waals surface area (Å²) in [4.78, 5) is 1.66. The zero-order valence-electron chi connectivity index (χ0n) is 15.6. The Bertz CT molecular complexity index is 1140. The first-order chi connectivity index (χ1) is 14.5. The number of hydrogen-bond acceptors (Lipinski definition) is 2. The van der Waals surface area contributed by atoms with E-state index in [9.17, 15) is 17.6 Å². The number of nitrogens with one attached hydrogen (secondary N) is 1. The van der Waals surface area contributed by atoms with Crippen LogP contribution in [-0.2, 0) is 0 Å². The molecule has 0 aliphatic heterocycles. The Kier molecular flexibility index (Phi) is 5.39. The van der Waals surface area contributed by atoms with Crippen molar-refractivity contribution in [3.8, 4) is 0 Å². The minimum absolute atomic E-state index is 0.207. The van der Waals surface area contributed by atoms with E-state index in [1.807, 2.05) is 6.07 Å². The van der Waals surface area contributed by atoms with Crippen LogP contribution in [0.4, 0.5) is 46.0 Å². The number of rotatable bonds is 5. The predicted molar refractivity (Wildman–Crippen MR) is 111 cm³/mol. The first kappa shape index (κ1) is 19.5. The van der Waals surface area contributed by atoms with E-state index < -0.39 is 23.3 Å². The van der Waals surface area contributed by atoms with Crippen LogP contribution in [-0.4, -0.2) is 0 Å². The topological polar surface area (TPSA) is 15.3 Å². The lowest BCUT2D eigenvalue weighted by molar-refractivity contribution is 0.583. The molecular formula is C24H16F4N2. The lowest BCUT2D eigenvalue weighted by atomic mass is 10.1. The van der Waals surface area contributed by atoms with Crippen LogP contribution in [0.15, 0.2) is 91.0 Å². The quantitative estimate of drug-likeness (QED) is 0.345. The van der Waals surface area contributed by atoms with Crippen LogP contribution in [0.5, 0.6) is 0 Å². The monoisotopic (exact) mass is 408 g/mol. The molecule has 0 radical (unpaired) electrons. The summed E-state index contributed by atoms with van der Waals surface area (Å²) in [5, 5.41) is 2.99. The second kappa shape index (κ2) is 8.29. The van der Waals surface area contributed by atoms with Crippen molar-refractivity contribution in [3.63, 3.8) is 0 Å². The summed E-state index contributed by atoms with van der Waals surface area (Å²) >= 11 is 0. The van der Waals surface area contributed by atoms with Gasteiger partial charge in [-0.25, -0.2) is 17.6 Å². The Morgan fingerprint density at radius 3 is 1.70 bits per heavy atom. The van der Waals surface area contributed by atoms with Gasteiger partial charge < -0.3 is 10.2 Å². The van der Waals surface area contributed by atoms with E-state index in [2.05, 4.69) is 5.32 Å². The van der Waals surface area contributed by atoms with Gasteiger partial charge >= 0.3 is 0 Å². The van der Waals surface area contributed by atoms with Crippen LogP contribution < -0.4 is 10.2 Å². The van der Waals surface area contributed by atoms with E-state index in [1.165, 1.54) is 12.1 Å². The standard InChI is InChI=1S/C24H16F4N2/c25-16-10-17(26)13-20(12-16)29-23-8-4-5-9-24(23)30(21-6-2-1-3-7-21)22-14-18(27)11-19(28)15-22/h1-15,29H. The Balaban J connectivity index is 1.86. The van der Waals surface area contributed by atoms with E-state index in [0.29, 0.717) is 17.1 Å². The molecule has 0 aromatic heterocycles. The van der Waals surface area contributed by atoms with Crippen molar-refractivity contribution in [3.05, 3.63) is 114 Å². The predicted octanol–water partition coefficient (Wildman–Crippen LogP) is 7.46. The number of nitrogens with zero attached hydrogens (tertiary/aromatic N) is 1. The molecule has 4 aromatic carbocycles. The van der Waals surface area contributed by atoms with E-state index in [0.717, 1.165) is 24.3 Å². The highest BCUT2D eigenvalue weighted by Gasteiger charge is 2.17. The summed E-state index contributed by atoms with van der Waals surface area (Å²) in [6.07, 6.45) is 0. The molecule has 0 aliphatic rings. The average Bonchev–Trinajstić information content (AvgIpc) is 2.69. The third-order valence-corrected chi connectivity index (χ3v) is 4.41. The number of hydrogen-bond donors (Lipinski definition) is 1. The second-order valence-electron chi connectivity index (χ2n) is 6.60. The van der Waals surface area contributed by atoms with Gasteiger partial charge in [-0.15, -0.1) is 0 Å². The lowest BCUT2D eigenvalue weighted by Gasteiger charge is -2.28. The lowest BCUT2D eigenvalue weighted by Crippen LogP contribution is -2.12. The summed E-state index contributed by atoms with van der Waals surface area (Å²) in [6.45, 7) is 0. The molecule has 0 fully saturated rings. The molecular weight excluding hydrogens is 392 g/mol. The van der Waals surface area contributed by atoms with E-state index in [-0.39, 0.29) is 11.4 Å². The molecule has 0 heterocycles. The highest BCUT2D eigenvalue weighted by molar-refractivity contribution is 5.86. The SMILES string of the molecule is Fc1cc(F)cc(Nc2ccccc2N(c2ccccc2)c2cc(F)cc(F)c2)c1. The van der Waals surface area contributed by atoms with Gasteiger partial charge in [0.05, 0.1) is 17.1 Å². The normalized spacial score (nSPS) is 10.7. The van der Waals surface area contributed by atoms with Gasteiger partial charge in [0.2, 0.25) is 0 Å². The maximum absolute atomic E-state index is 14.0. The number of benzene rings is 4. The van der Waals surface area contributed by atoms with Gasteiger partial charge in [-0.2, -0.15) is 0 Å². The summed E-state index contributed by atoms with van der Waals surface area (Å²) in [7, 11) is 0. The van der Waals surface area contributed by atoms with E-state index >= 15 is 0 Å². The van der Waals surface area contributed by atoms with Gasteiger partial charge in [0.1, 0.15) is 23.3 Å². The average molecular weight is 408 g/mol. The van der Waals surface area contributed by atoms with E-state index in [4.69, 9.17) is 0 Å². The molecule has 4 aromatic rings. The molecule has 0 amide bonds. The van der Waals surface area contributed by atoms with Crippen molar-refractivity contribution in [2.24, 2.45) is 0 Å². The maximum Gasteiger partial charge on any atom is 0.128 e. The van der Waals surface area contributed by atoms with Crippen LogP contribution in [0.1, 0.15) is 0 Å². The van der Waals surface area contributed by atoms with Gasteiger partial charge in [0.15, 0.2) is 0 Å². The zero-order chi connectivity index (χ0) is 21.1. The van der Waals surface area contributed by atoms with Crippen LogP contribution >= 0.6 is 0 Å². The summed E-state index contributed by atoms with van der Waals surface area (Å²) in [6, 6.07) is 22.3. The molecule has 0 saturated heterocycles. The fourth-order valence-corrected chi connectivity index (χ4v) is 3.23. The highest BCUT2D eigenvalue weighted by Crippen LogP contribution is 2.40. The molecule has 150 valence electrons. The molecule has 0 unspecified atom stereocenters. The number of anilines is 5. The Morgan fingerprint density at radius 1 is 0.533 bits per heavy atom. The molecule has 6 heteroatoms. The zero-order valence-corrected chi connectivity index (χ0v) is 15.6. The Morgan fingerprint density at radius 2 is 1.07 bits per heavy atom. The molecule has 30 heavy (non-hydrogen) atoms. The molecule has 0 spiro atoms. The summed E-state index contributed by atoms with van der Waals surface area (Å²) in [5.41, 5.74) is 2.16. The van der Waals surface area contributed by atoms with Gasteiger partial charge in [0.25, 0.3) is 0 Å². The minimum Gasteiger partial charge on any atom is -0.354 e. The molecule has 0 bridgehead atoms. The van der Waals surface area contributed by atoms with Crippen molar-refractivity contribution in [1.29, 1.82) is 0 Å². The number of para-hydroxylation sites is 3. The Hall–Kier alpha value is -3.80. The highest BCUT2D eigenvalue weighted by atomic mass is 19.1. The minimum atomic E-state index is -0.720. The van der Waals surface area contributed by atoms with Crippen LogP contribution in [0.2, 0.25) is 0 Å². The van der Waals surface area contributed by atoms with Gasteiger partial charge in [0, 0.05) is 23.5 Å². The van der Waals surface area contributed by atoms with Crippen molar-refractivity contribution < 1.29 is 17.6 Å². The van der Waals surface area contributed by atoms with Crippen LogP contribution in [0.25, 0.3) is 0 Å². The molecule has 4 rings (SSSR count). The fraction of sp³-hybridized carbons (Fsp3) is 0. The maximum atomic E-state index is 14.0. The van der Waals surface area contributed by atoms with Crippen molar-refractivity contribution in [2.45, 2.75) is 0 Å². The first-order valence-electron chi connectivity index (χ1n) is 9.13. The molecule has 1 N–H and O–H groups in total. The molecule has 2 nitrogen and oxygen atoms in total. The first-order valence-corrected chi connectivity index (χ1v) is 9.13. The third-order valence-electron chi connectivity index (χ3n) is 4.41. The van der Waals surface area contributed by atoms with Crippen molar-refractivity contribution >= 4 is 28.4 Å². The van der Waals surface area contributed by atoms with E-state index in [1.54, 1.807) is 53.4 Å². The smallest absolute Gasteiger partial charge is 0.128 e. The number of halogens is 4. The van der Waals surface area contributed by atoms with Crippen LogP contribution in [0, 0.1) is 23.3 Å². The Labute approximate surface area is 171 Å². The van der Waals surface area contributed by atoms with Crippen molar-refractivity contribution in [2.75, 3.05) is 10.2 Å². The fourth-order valence-electron chi connectivity index (χ4n) is 3.23. The van der Waals surface area contributed by atoms with Gasteiger partial charge in [-0.05, 0) is 48.5 Å². The third kappa shape index (κ3) is 4.27. The van der Waals surface area contributed by atoms with Gasteiger partial charge in [-0.1, -0.05) is 30.3 Å². The second-order valence-corrected chi connectivity index (χ2v) is 6.60. The van der Waals surface area contributed by atoms with Gasteiger partial charge in [-0.3, -0.25) is 0 Å². The summed E-state index contributed by atoms with van der Waals surface area (Å²) < 4.78 is 55.3. The van der Waals surface area contributed by atoms with Crippen molar-refractivity contribution in [1.82, 2.24) is 0 Å². The largest absolute Gasteiger partial charge is 0.354 e. The molecule has 0 aliphatic carbocycles. The molecule has 0 atom stereocenters. The summed E-state index contributed by atoms with van der Waals surface area (Å²) in [5.74, 6) is -2.88. The van der Waals surface area contributed by atoms with Crippen LogP contribution in [0.3, 0.4) is 0 Å². The molecule has 0 saturated carbocycles.